The van der Waals surface area contributed by atoms with E-state index in [2.05, 4.69) is 85.3 Å². The first-order valence-electron chi connectivity index (χ1n) is 14.1. The van der Waals surface area contributed by atoms with Crippen LogP contribution in [0, 0.1) is 0 Å². The van der Waals surface area contributed by atoms with Crippen molar-refractivity contribution >= 4 is 43.4 Å². The number of nitrogens with zero attached hydrogens (tertiary/aromatic N) is 1. The Kier molecular flexibility index (Phi) is 7.72. The monoisotopic (exact) mass is 463 g/mol. The smallest absolute Gasteiger partial charge is 0.0568 e. The van der Waals surface area contributed by atoms with E-state index in [1.165, 1.54) is 126 Å². The fraction of sp³-hybridized carbons (Fsp3) is 0.412. The molecule has 0 radical (unpaired) electrons. The fourth-order valence-electron chi connectivity index (χ4n) is 6.02. The predicted octanol–water partition coefficient (Wildman–Crippen LogP) is 10.5. The van der Waals surface area contributed by atoms with Crippen LogP contribution in [0.5, 0.6) is 0 Å². The minimum Gasteiger partial charge on any atom is -0.343 e. The van der Waals surface area contributed by atoms with Crippen molar-refractivity contribution in [2.24, 2.45) is 7.05 Å². The molecule has 0 atom stereocenters. The molecule has 0 saturated carbocycles. The van der Waals surface area contributed by atoms with E-state index < -0.39 is 0 Å². The highest BCUT2D eigenvalue weighted by Crippen LogP contribution is 2.36. The summed E-state index contributed by atoms with van der Waals surface area (Å²) in [6.07, 6.45) is 16.6. The van der Waals surface area contributed by atoms with Crippen LogP contribution in [0.25, 0.3) is 43.4 Å². The van der Waals surface area contributed by atoms with Crippen molar-refractivity contribution in [3.8, 4) is 0 Å². The van der Waals surface area contributed by atoms with Crippen molar-refractivity contribution in [3.63, 3.8) is 0 Å². The normalized spacial score (nSPS) is 11.9. The van der Waals surface area contributed by atoms with Gasteiger partial charge in [0.05, 0.1) is 5.52 Å². The maximum Gasteiger partial charge on any atom is 0.0568 e. The van der Waals surface area contributed by atoms with Crippen molar-refractivity contribution in [1.82, 2.24) is 4.57 Å². The Balaban J connectivity index is 1.22. The second-order valence-electron chi connectivity index (χ2n) is 10.5. The van der Waals surface area contributed by atoms with Crippen molar-refractivity contribution < 1.29 is 0 Å². The molecule has 0 aliphatic heterocycles. The van der Waals surface area contributed by atoms with Crippen LogP contribution in [-0.2, 0) is 13.5 Å². The lowest BCUT2D eigenvalue weighted by Gasteiger charge is -2.09. The molecular formula is C34H41N. The molecule has 0 bridgehead atoms. The van der Waals surface area contributed by atoms with Crippen molar-refractivity contribution in [2.45, 2.75) is 84.0 Å². The van der Waals surface area contributed by atoms with Crippen LogP contribution < -0.4 is 0 Å². The molecule has 5 aromatic rings. The van der Waals surface area contributed by atoms with Gasteiger partial charge >= 0.3 is 0 Å². The third-order valence-electron chi connectivity index (χ3n) is 8.01. The summed E-state index contributed by atoms with van der Waals surface area (Å²) >= 11 is 0. The molecular weight excluding hydrogens is 422 g/mol. The fourth-order valence-corrected chi connectivity index (χ4v) is 6.02. The molecule has 4 aromatic carbocycles. The molecule has 1 heterocycles. The van der Waals surface area contributed by atoms with Crippen LogP contribution in [-0.4, -0.2) is 4.57 Å². The van der Waals surface area contributed by atoms with E-state index in [0.717, 1.165) is 0 Å². The summed E-state index contributed by atoms with van der Waals surface area (Å²) in [4.78, 5) is 0. The summed E-state index contributed by atoms with van der Waals surface area (Å²) in [6, 6.07) is 25.2. The Hall–Kier alpha value is -2.80. The van der Waals surface area contributed by atoms with Crippen molar-refractivity contribution in [2.75, 3.05) is 0 Å². The molecule has 0 aliphatic rings. The first kappa shape index (κ1) is 23.9. The third kappa shape index (κ3) is 5.10. The Morgan fingerprint density at radius 1 is 0.543 bits per heavy atom. The highest BCUT2D eigenvalue weighted by molar-refractivity contribution is 6.22. The molecule has 5 rings (SSSR count). The number of hydrogen-bond acceptors (Lipinski definition) is 0. The van der Waals surface area contributed by atoms with E-state index in [0.29, 0.717) is 0 Å². The van der Waals surface area contributed by atoms with Gasteiger partial charge in [-0.15, -0.1) is 0 Å². The van der Waals surface area contributed by atoms with Gasteiger partial charge in [-0.1, -0.05) is 132 Å². The van der Waals surface area contributed by atoms with Crippen LogP contribution in [0.1, 0.15) is 83.1 Å². The largest absolute Gasteiger partial charge is 0.343 e. The number of benzene rings is 4. The quantitative estimate of drug-likeness (QED) is 0.128. The number of unbranched alkanes of at least 4 members (excludes halogenated alkanes) is 10. The molecule has 0 aliphatic carbocycles. The highest BCUT2D eigenvalue weighted by Gasteiger charge is 2.12. The van der Waals surface area contributed by atoms with Gasteiger partial charge in [-0.05, 0) is 40.6 Å². The summed E-state index contributed by atoms with van der Waals surface area (Å²) in [5.74, 6) is 0. The van der Waals surface area contributed by atoms with E-state index in [9.17, 15) is 0 Å². The molecule has 0 N–H and O–H groups in total. The predicted molar refractivity (Wildman–Crippen MR) is 156 cm³/mol. The highest BCUT2D eigenvalue weighted by atomic mass is 14.9. The summed E-state index contributed by atoms with van der Waals surface area (Å²) in [7, 11) is 2.20. The zero-order valence-electron chi connectivity index (χ0n) is 21.8. The van der Waals surface area contributed by atoms with E-state index in [1.54, 1.807) is 0 Å². The number of hydrogen-bond donors (Lipinski definition) is 0. The molecule has 1 heteroatoms. The third-order valence-corrected chi connectivity index (χ3v) is 8.01. The molecule has 0 amide bonds. The topological polar surface area (TPSA) is 4.93 Å². The van der Waals surface area contributed by atoms with Gasteiger partial charge in [0.15, 0.2) is 0 Å². The van der Waals surface area contributed by atoms with Gasteiger partial charge in [-0.2, -0.15) is 0 Å². The van der Waals surface area contributed by atoms with E-state index in [-0.39, 0.29) is 0 Å². The number of para-hydroxylation sites is 1. The van der Waals surface area contributed by atoms with Gasteiger partial charge in [0, 0.05) is 28.7 Å². The average Bonchev–Trinajstić information content (AvgIpc) is 3.19. The van der Waals surface area contributed by atoms with Gasteiger partial charge in [-0.3, -0.25) is 0 Å². The van der Waals surface area contributed by atoms with Crippen LogP contribution in [0.4, 0.5) is 0 Å². The Morgan fingerprint density at radius 2 is 1.14 bits per heavy atom. The standard InChI is InChI=1S/C34H41N/c1-3-4-5-6-7-8-9-10-11-12-13-16-26-19-21-28-27(25-26)20-22-31-29(28)23-24-32-30-17-14-15-18-33(30)35(2)34(31)32/h14-15,17-25H,3-13,16H2,1-2H3. The van der Waals surface area contributed by atoms with Gasteiger partial charge in [0.2, 0.25) is 0 Å². The van der Waals surface area contributed by atoms with Crippen molar-refractivity contribution in [3.05, 3.63) is 72.3 Å². The molecule has 182 valence electrons. The summed E-state index contributed by atoms with van der Waals surface area (Å²) in [5, 5.41) is 8.15. The van der Waals surface area contributed by atoms with Gasteiger partial charge in [0.1, 0.15) is 0 Å². The van der Waals surface area contributed by atoms with Gasteiger partial charge in [0.25, 0.3) is 0 Å². The van der Waals surface area contributed by atoms with Crippen molar-refractivity contribution in [1.29, 1.82) is 0 Å². The minimum absolute atomic E-state index is 1.20. The maximum atomic E-state index is 2.43. The molecule has 1 nitrogen and oxygen atoms in total. The lowest BCUT2D eigenvalue weighted by Crippen LogP contribution is -1.90. The number of fused-ring (bicyclic) bond motifs is 7. The Labute approximate surface area is 211 Å². The van der Waals surface area contributed by atoms with E-state index in [4.69, 9.17) is 0 Å². The molecule has 0 fully saturated rings. The first-order chi connectivity index (χ1) is 17.3. The van der Waals surface area contributed by atoms with E-state index >= 15 is 0 Å². The minimum atomic E-state index is 1.20. The second kappa shape index (κ2) is 11.3. The lowest BCUT2D eigenvalue weighted by molar-refractivity contribution is 0.549. The zero-order valence-corrected chi connectivity index (χ0v) is 21.8. The number of aromatic nitrogens is 1. The van der Waals surface area contributed by atoms with Gasteiger partial charge < -0.3 is 4.57 Å². The molecule has 1 aromatic heterocycles. The Morgan fingerprint density at radius 3 is 1.91 bits per heavy atom. The average molecular weight is 464 g/mol. The van der Waals surface area contributed by atoms with Crippen LogP contribution in [0.15, 0.2) is 66.7 Å². The summed E-state index contributed by atoms with van der Waals surface area (Å²) in [5.41, 5.74) is 4.13. The molecule has 35 heavy (non-hydrogen) atoms. The van der Waals surface area contributed by atoms with Gasteiger partial charge in [-0.25, -0.2) is 0 Å². The summed E-state index contributed by atoms with van der Waals surface area (Å²) in [6.45, 7) is 2.29. The van der Waals surface area contributed by atoms with Crippen LogP contribution >= 0.6 is 0 Å². The van der Waals surface area contributed by atoms with Crippen LogP contribution in [0.2, 0.25) is 0 Å². The summed E-state index contributed by atoms with van der Waals surface area (Å²) < 4.78 is 2.36. The lowest BCUT2D eigenvalue weighted by atomic mass is 9.96. The Bertz CT molecular complexity index is 1420. The molecule has 0 unspecified atom stereocenters. The SMILES string of the molecule is CCCCCCCCCCCCCc1ccc2c(ccc3c2ccc2c4ccccc4n(C)c32)c1. The number of rotatable bonds is 12. The first-order valence-corrected chi connectivity index (χ1v) is 14.1. The molecule has 0 saturated heterocycles. The van der Waals surface area contributed by atoms with E-state index in [1.807, 2.05) is 0 Å². The van der Waals surface area contributed by atoms with Crippen LogP contribution in [0.3, 0.4) is 0 Å². The zero-order chi connectivity index (χ0) is 24.0. The number of aryl methyl sites for hydroxylation is 2. The molecule has 0 spiro atoms. The maximum absolute atomic E-state index is 2.43. The second-order valence-corrected chi connectivity index (χ2v) is 10.5.